The van der Waals surface area contributed by atoms with Crippen LogP contribution >= 0.6 is 0 Å². The van der Waals surface area contributed by atoms with Gasteiger partial charge in [0.15, 0.2) is 0 Å². The first-order valence-corrected chi connectivity index (χ1v) is 6.06. The smallest absolute Gasteiger partial charge is 0.132 e. The molecule has 2 aromatic rings. The van der Waals surface area contributed by atoms with Crippen molar-refractivity contribution in [2.75, 3.05) is 7.11 Å². The van der Waals surface area contributed by atoms with E-state index in [0.29, 0.717) is 12.2 Å². The lowest BCUT2D eigenvalue weighted by molar-refractivity contribution is 0.139. The van der Waals surface area contributed by atoms with Gasteiger partial charge in [0.2, 0.25) is 0 Å². The summed E-state index contributed by atoms with van der Waals surface area (Å²) in [6.45, 7) is 1.87. The molecular formula is C15H18O3. The molecule has 0 amide bonds. The third-order valence-electron chi connectivity index (χ3n) is 2.96. The molecule has 2 rings (SSSR count). The Morgan fingerprint density at radius 2 is 1.89 bits per heavy atom. The summed E-state index contributed by atoms with van der Waals surface area (Å²) in [6.07, 6.45) is 0.922. The molecule has 18 heavy (non-hydrogen) atoms. The van der Waals surface area contributed by atoms with E-state index < -0.39 is 6.10 Å². The van der Waals surface area contributed by atoms with Crippen LogP contribution in [0.2, 0.25) is 0 Å². The molecule has 0 fully saturated rings. The Kier molecular flexibility index (Phi) is 4.05. The van der Waals surface area contributed by atoms with Gasteiger partial charge in [0.25, 0.3) is 0 Å². The maximum Gasteiger partial charge on any atom is 0.132 e. The summed E-state index contributed by atoms with van der Waals surface area (Å²) in [4.78, 5) is 0. The molecule has 1 unspecified atom stereocenters. The summed E-state index contributed by atoms with van der Waals surface area (Å²) in [7, 11) is 1.65. The third kappa shape index (κ3) is 3.14. The van der Waals surface area contributed by atoms with E-state index in [1.807, 2.05) is 43.3 Å². The van der Waals surface area contributed by atoms with Crippen LogP contribution in [0.4, 0.5) is 0 Å². The molecule has 0 aliphatic rings. The number of ether oxygens (including phenoxy) is 1. The van der Waals surface area contributed by atoms with Crippen LogP contribution in [0, 0.1) is 6.92 Å². The molecule has 1 atom stereocenters. The average Bonchev–Trinajstić information content (AvgIpc) is 2.83. The van der Waals surface area contributed by atoms with E-state index in [1.54, 1.807) is 7.11 Å². The lowest BCUT2D eigenvalue weighted by atomic mass is 10.1. The SMILES string of the molecule is COc1ccc(CCC(O)c2ccc(C)o2)cc1. The normalized spacial score (nSPS) is 12.4. The number of methoxy groups -OCH3 is 1. The summed E-state index contributed by atoms with van der Waals surface area (Å²) >= 11 is 0. The molecule has 1 N–H and O–H groups in total. The van der Waals surface area contributed by atoms with E-state index in [1.165, 1.54) is 5.56 Å². The van der Waals surface area contributed by atoms with Gasteiger partial charge >= 0.3 is 0 Å². The third-order valence-corrected chi connectivity index (χ3v) is 2.96. The zero-order chi connectivity index (χ0) is 13.0. The predicted molar refractivity (Wildman–Crippen MR) is 69.7 cm³/mol. The van der Waals surface area contributed by atoms with Gasteiger partial charge in [-0.05, 0) is 49.6 Å². The van der Waals surface area contributed by atoms with Gasteiger partial charge in [0, 0.05) is 0 Å². The first-order chi connectivity index (χ1) is 8.69. The molecule has 96 valence electrons. The van der Waals surface area contributed by atoms with Crippen molar-refractivity contribution in [1.29, 1.82) is 0 Å². The van der Waals surface area contributed by atoms with Crippen molar-refractivity contribution in [3.8, 4) is 5.75 Å². The Labute approximate surface area is 107 Å². The summed E-state index contributed by atoms with van der Waals surface area (Å²) in [5, 5.41) is 9.98. The van der Waals surface area contributed by atoms with Crippen molar-refractivity contribution >= 4 is 0 Å². The Morgan fingerprint density at radius 1 is 1.17 bits per heavy atom. The molecule has 1 aromatic heterocycles. The number of benzene rings is 1. The van der Waals surface area contributed by atoms with Crippen LogP contribution < -0.4 is 4.74 Å². The number of rotatable bonds is 5. The highest BCUT2D eigenvalue weighted by Crippen LogP contribution is 2.21. The Morgan fingerprint density at radius 3 is 2.44 bits per heavy atom. The monoisotopic (exact) mass is 246 g/mol. The van der Waals surface area contributed by atoms with Gasteiger partial charge in [-0.2, -0.15) is 0 Å². The number of aliphatic hydroxyl groups excluding tert-OH is 1. The minimum atomic E-state index is -0.541. The minimum absolute atomic E-state index is 0.541. The molecule has 0 saturated heterocycles. The molecular weight excluding hydrogens is 228 g/mol. The second kappa shape index (κ2) is 5.74. The fraction of sp³-hybridized carbons (Fsp3) is 0.333. The van der Waals surface area contributed by atoms with E-state index in [4.69, 9.17) is 9.15 Å². The summed E-state index contributed by atoms with van der Waals surface area (Å²) in [5.74, 6) is 2.32. The lowest BCUT2D eigenvalue weighted by Crippen LogP contribution is -1.98. The fourth-order valence-corrected chi connectivity index (χ4v) is 1.87. The maximum atomic E-state index is 9.98. The van der Waals surface area contributed by atoms with Crippen LogP contribution in [0.3, 0.4) is 0 Å². The summed E-state index contributed by atoms with van der Waals surface area (Å²) < 4.78 is 10.5. The van der Waals surface area contributed by atoms with E-state index in [9.17, 15) is 5.11 Å². The van der Waals surface area contributed by atoms with Gasteiger partial charge in [-0.25, -0.2) is 0 Å². The van der Waals surface area contributed by atoms with Gasteiger partial charge in [0.1, 0.15) is 23.4 Å². The predicted octanol–water partition coefficient (Wildman–Crippen LogP) is 3.26. The molecule has 0 spiro atoms. The van der Waals surface area contributed by atoms with Crippen molar-refractivity contribution in [2.24, 2.45) is 0 Å². The van der Waals surface area contributed by atoms with Crippen LogP contribution in [-0.4, -0.2) is 12.2 Å². The molecule has 3 nitrogen and oxygen atoms in total. The van der Waals surface area contributed by atoms with Crippen molar-refractivity contribution in [2.45, 2.75) is 25.9 Å². The van der Waals surface area contributed by atoms with Crippen molar-refractivity contribution in [3.63, 3.8) is 0 Å². The van der Waals surface area contributed by atoms with E-state index in [0.717, 1.165) is 17.9 Å². The quantitative estimate of drug-likeness (QED) is 0.880. The topological polar surface area (TPSA) is 42.6 Å². The van der Waals surface area contributed by atoms with Crippen molar-refractivity contribution < 1.29 is 14.3 Å². The maximum absolute atomic E-state index is 9.98. The molecule has 0 radical (unpaired) electrons. The van der Waals surface area contributed by atoms with Crippen molar-refractivity contribution in [3.05, 3.63) is 53.5 Å². The van der Waals surface area contributed by atoms with Gasteiger partial charge < -0.3 is 14.3 Å². The number of aliphatic hydroxyl groups is 1. The standard InChI is InChI=1S/C15H18O3/c1-11-3-10-15(18-11)14(16)9-6-12-4-7-13(17-2)8-5-12/h3-5,7-8,10,14,16H,6,9H2,1-2H3. The molecule has 1 aromatic carbocycles. The zero-order valence-corrected chi connectivity index (χ0v) is 10.7. The van der Waals surface area contributed by atoms with E-state index in [2.05, 4.69) is 0 Å². The number of furan rings is 1. The van der Waals surface area contributed by atoms with E-state index >= 15 is 0 Å². The minimum Gasteiger partial charge on any atom is -0.497 e. The zero-order valence-electron chi connectivity index (χ0n) is 10.7. The molecule has 0 saturated carbocycles. The second-order valence-corrected chi connectivity index (χ2v) is 4.35. The van der Waals surface area contributed by atoms with Gasteiger partial charge in [-0.3, -0.25) is 0 Å². The largest absolute Gasteiger partial charge is 0.497 e. The van der Waals surface area contributed by atoms with Gasteiger partial charge in [-0.15, -0.1) is 0 Å². The fourth-order valence-electron chi connectivity index (χ4n) is 1.87. The highest BCUT2D eigenvalue weighted by molar-refractivity contribution is 5.27. The lowest BCUT2D eigenvalue weighted by Gasteiger charge is -2.08. The van der Waals surface area contributed by atoms with E-state index in [-0.39, 0.29) is 0 Å². The molecule has 1 heterocycles. The first kappa shape index (κ1) is 12.7. The Bertz CT molecular complexity index is 485. The molecule has 3 heteroatoms. The van der Waals surface area contributed by atoms with Crippen LogP contribution in [0.15, 0.2) is 40.8 Å². The molecule has 0 aliphatic heterocycles. The van der Waals surface area contributed by atoms with Gasteiger partial charge in [0.05, 0.1) is 7.11 Å². The van der Waals surface area contributed by atoms with Crippen molar-refractivity contribution in [1.82, 2.24) is 0 Å². The molecule has 0 aliphatic carbocycles. The number of aryl methyl sites for hydroxylation is 2. The Balaban J connectivity index is 1.90. The molecule has 0 bridgehead atoms. The second-order valence-electron chi connectivity index (χ2n) is 4.35. The summed E-state index contributed by atoms with van der Waals surface area (Å²) in [5.41, 5.74) is 1.18. The summed E-state index contributed by atoms with van der Waals surface area (Å²) in [6, 6.07) is 11.6. The van der Waals surface area contributed by atoms with Crippen LogP contribution in [-0.2, 0) is 6.42 Å². The van der Waals surface area contributed by atoms with Gasteiger partial charge in [-0.1, -0.05) is 12.1 Å². The highest BCUT2D eigenvalue weighted by atomic mass is 16.5. The number of hydrogen-bond donors (Lipinski definition) is 1. The number of hydrogen-bond acceptors (Lipinski definition) is 3. The van der Waals surface area contributed by atoms with Crippen LogP contribution in [0.5, 0.6) is 5.75 Å². The first-order valence-electron chi connectivity index (χ1n) is 6.06. The van der Waals surface area contributed by atoms with Crippen LogP contribution in [0.1, 0.15) is 29.6 Å². The Hall–Kier alpha value is -1.74. The highest BCUT2D eigenvalue weighted by Gasteiger charge is 2.11. The van der Waals surface area contributed by atoms with Crippen LogP contribution in [0.25, 0.3) is 0 Å². The average molecular weight is 246 g/mol.